The maximum absolute atomic E-state index is 12.0. The van der Waals surface area contributed by atoms with E-state index in [0.29, 0.717) is 18.2 Å². The lowest BCUT2D eigenvalue weighted by Crippen LogP contribution is -2.41. The van der Waals surface area contributed by atoms with Crippen LogP contribution in [-0.2, 0) is 0 Å². The maximum atomic E-state index is 12.0. The largest absolute Gasteiger partial charge is 0.351 e. The molecule has 0 radical (unpaired) electrons. The molecule has 0 spiro atoms. The Hall–Kier alpha value is -1.36. The number of nitrogens with zero attached hydrogens (tertiary/aromatic N) is 2. The number of carbonyl (C=O) groups excluding carboxylic acids is 1. The Balaban J connectivity index is 2.07. The fraction of sp³-hybridized carbons (Fsp3) is 0.636. The first-order valence-electron chi connectivity index (χ1n) is 5.62. The quantitative estimate of drug-likeness (QED) is 0.825. The van der Waals surface area contributed by atoms with Crippen LogP contribution in [0.15, 0.2) is 16.8 Å². The van der Waals surface area contributed by atoms with Gasteiger partial charge in [0.25, 0.3) is 5.91 Å². The normalized spacial score (nSPS) is 24.6. The van der Waals surface area contributed by atoms with E-state index < -0.39 is 0 Å². The van der Waals surface area contributed by atoms with Crippen LogP contribution < -0.4 is 5.73 Å². The van der Waals surface area contributed by atoms with Gasteiger partial charge in [0.15, 0.2) is 0 Å². The average molecular weight is 223 g/mol. The van der Waals surface area contributed by atoms with Gasteiger partial charge < -0.3 is 15.2 Å². The van der Waals surface area contributed by atoms with Crippen molar-refractivity contribution in [3.63, 3.8) is 0 Å². The van der Waals surface area contributed by atoms with E-state index in [-0.39, 0.29) is 11.9 Å². The molecule has 0 aromatic carbocycles. The van der Waals surface area contributed by atoms with Crippen LogP contribution in [0.3, 0.4) is 0 Å². The van der Waals surface area contributed by atoms with E-state index in [2.05, 4.69) is 5.16 Å². The summed E-state index contributed by atoms with van der Waals surface area (Å²) in [5.41, 5.74) is 5.71. The Bertz CT molecular complexity index is 350. The van der Waals surface area contributed by atoms with Gasteiger partial charge in [-0.05, 0) is 25.3 Å². The van der Waals surface area contributed by atoms with Crippen LogP contribution in [0.2, 0.25) is 0 Å². The molecular formula is C11H17N3O2. The molecule has 2 rings (SSSR count). The van der Waals surface area contributed by atoms with E-state index in [1.807, 2.05) is 7.05 Å². The monoisotopic (exact) mass is 223 g/mol. The number of hydrogen-bond donors (Lipinski definition) is 1. The Morgan fingerprint density at radius 3 is 3.12 bits per heavy atom. The van der Waals surface area contributed by atoms with Crippen molar-refractivity contribution in [2.45, 2.75) is 25.3 Å². The van der Waals surface area contributed by atoms with E-state index in [1.54, 1.807) is 11.0 Å². The fourth-order valence-corrected chi connectivity index (χ4v) is 2.45. The first-order valence-corrected chi connectivity index (χ1v) is 5.62. The van der Waals surface area contributed by atoms with Gasteiger partial charge in [-0.1, -0.05) is 11.6 Å². The Labute approximate surface area is 94.6 Å². The Kier molecular flexibility index (Phi) is 3.24. The summed E-state index contributed by atoms with van der Waals surface area (Å²) in [7, 11) is 1.81. The second-order valence-corrected chi connectivity index (χ2v) is 4.29. The lowest BCUT2D eigenvalue weighted by atomic mass is 10.0. The smallest absolute Gasteiger partial charge is 0.292 e. The summed E-state index contributed by atoms with van der Waals surface area (Å²) in [6.07, 6.45) is 4.75. The first kappa shape index (κ1) is 11.1. The second-order valence-electron chi connectivity index (χ2n) is 4.29. The van der Waals surface area contributed by atoms with Gasteiger partial charge in [-0.25, -0.2) is 0 Å². The minimum atomic E-state index is -0.108. The topological polar surface area (TPSA) is 72.4 Å². The van der Waals surface area contributed by atoms with Gasteiger partial charge in [0.1, 0.15) is 0 Å². The lowest BCUT2D eigenvalue weighted by Gasteiger charge is -2.28. The average Bonchev–Trinajstić information content (AvgIpc) is 2.97. The highest BCUT2D eigenvalue weighted by atomic mass is 16.5. The SMILES string of the molecule is CN(C(=O)c1ccno1)C1CCCC1CN. The third-order valence-electron chi connectivity index (χ3n) is 3.39. The van der Waals surface area contributed by atoms with Crippen molar-refractivity contribution in [3.8, 4) is 0 Å². The summed E-state index contributed by atoms with van der Waals surface area (Å²) in [5, 5.41) is 3.54. The van der Waals surface area contributed by atoms with E-state index in [1.165, 1.54) is 6.20 Å². The number of aromatic nitrogens is 1. The molecule has 1 fully saturated rings. The van der Waals surface area contributed by atoms with Crippen LogP contribution in [0.4, 0.5) is 0 Å². The summed E-state index contributed by atoms with van der Waals surface area (Å²) in [6, 6.07) is 1.83. The van der Waals surface area contributed by atoms with Crippen LogP contribution in [-0.4, -0.2) is 35.6 Å². The first-order chi connectivity index (χ1) is 7.74. The van der Waals surface area contributed by atoms with Gasteiger partial charge in [-0.3, -0.25) is 4.79 Å². The van der Waals surface area contributed by atoms with Crippen LogP contribution >= 0.6 is 0 Å². The molecule has 1 aliphatic rings. The molecule has 16 heavy (non-hydrogen) atoms. The Morgan fingerprint density at radius 1 is 1.69 bits per heavy atom. The molecule has 1 aromatic heterocycles. The van der Waals surface area contributed by atoms with Crippen molar-refractivity contribution in [2.75, 3.05) is 13.6 Å². The molecule has 88 valence electrons. The molecule has 1 amide bonds. The van der Waals surface area contributed by atoms with Gasteiger partial charge in [0.05, 0.1) is 6.20 Å². The van der Waals surface area contributed by atoms with Crippen molar-refractivity contribution in [1.29, 1.82) is 0 Å². The predicted octanol–water partition coefficient (Wildman–Crippen LogP) is 0.874. The molecule has 5 heteroatoms. The standard InChI is InChI=1S/C11H17N3O2/c1-14(9-4-2-3-8(9)7-12)11(15)10-5-6-13-16-10/h5-6,8-9H,2-4,7,12H2,1H3. The molecule has 0 bridgehead atoms. The van der Waals surface area contributed by atoms with Crippen LogP contribution in [0.1, 0.15) is 29.8 Å². The summed E-state index contributed by atoms with van der Waals surface area (Å²) in [4.78, 5) is 13.7. The second kappa shape index (κ2) is 4.65. The van der Waals surface area contributed by atoms with E-state index in [4.69, 9.17) is 10.3 Å². The Morgan fingerprint density at radius 2 is 2.50 bits per heavy atom. The van der Waals surface area contributed by atoms with Crippen LogP contribution in [0.25, 0.3) is 0 Å². The van der Waals surface area contributed by atoms with Gasteiger partial charge >= 0.3 is 0 Å². The summed E-state index contributed by atoms with van der Waals surface area (Å²) in [6.45, 7) is 0.638. The van der Waals surface area contributed by atoms with Crippen molar-refractivity contribution in [1.82, 2.24) is 10.1 Å². The van der Waals surface area contributed by atoms with Gasteiger partial charge in [0.2, 0.25) is 5.76 Å². The van der Waals surface area contributed by atoms with Crippen molar-refractivity contribution >= 4 is 5.91 Å². The van der Waals surface area contributed by atoms with Crippen LogP contribution in [0.5, 0.6) is 0 Å². The minimum absolute atomic E-state index is 0.108. The molecule has 1 saturated carbocycles. The zero-order valence-corrected chi connectivity index (χ0v) is 9.43. The van der Waals surface area contributed by atoms with Gasteiger partial charge in [-0.15, -0.1) is 0 Å². The van der Waals surface area contributed by atoms with E-state index in [9.17, 15) is 4.79 Å². The summed E-state index contributed by atoms with van der Waals surface area (Å²) >= 11 is 0. The molecule has 2 N–H and O–H groups in total. The number of amides is 1. The maximum Gasteiger partial charge on any atom is 0.292 e. The molecule has 2 atom stereocenters. The van der Waals surface area contributed by atoms with Crippen molar-refractivity contribution in [2.24, 2.45) is 11.7 Å². The summed E-state index contributed by atoms with van der Waals surface area (Å²) in [5.74, 6) is 0.602. The van der Waals surface area contributed by atoms with Crippen LogP contribution in [0, 0.1) is 5.92 Å². The molecule has 2 unspecified atom stereocenters. The lowest BCUT2D eigenvalue weighted by molar-refractivity contribution is 0.0658. The minimum Gasteiger partial charge on any atom is -0.351 e. The number of rotatable bonds is 3. The summed E-state index contributed by atoms with van der Waals surface area (Å²) < 4.78 is 4.87. The zero-order valence-electron chi connectivity index (χ0n) is 9.43. The molecule has 1 aromatic rings. The molecule has 1 aliphatic carbocycles. The molecule has 5 nitrogen and oxygen atoms in total. The van der Waals surface area contributed by atoms with Crippen molar-refractivity contribution < 1.29 is 9.32 Å². The van der Waals surface area contributed by atoms with Gasteiger partial charge in [0, 0.05) is 19.2 Å². The van der Waals surface area contributed by atoms with E-state index in [0.717, 1.165) is 19.3 Å². The molecular weight excluding hydrogens is 206 g/mol. The number of hydrogen-bond acceptors (Lipinski definition) is 4. The molecule has 0 saturated heterocycles. The molecule has 0 aliphatic heterocycles. The number of nitrogens with two attached hydrogens (primary N) is 1. The number of carbonyl (C=O) groups is 1. The highest BCUT2D eigenvalue weighted by Gasteiger charge is 2.32. The third-order valence-corrected chi connectivity index (χ3v) is 3.39. The van der Waals surface area contributed by atoms with Gasteiger partial charge in [-0.2, -0.15) is 0 Å². The highest BCUT2D eigenvalue weighted by Crippen LogP contribution is 2.29. The van der Waals surface area contributed by atoms with E-state index >= 15 is 0 Å². The highest BCUT2D eigenvalue weighted by molar-refractivity contribution is 5.91. The fourth-order valence-electron chi connectivity index (χ4n) is 2.45. The predicted molar refractivity (Wildman–Crippen MR) is 58.8 cm³/mol. The van der Waals surface area contributed by atoms with Crippen molar-refractivity contribution in [3.05, 3.63) is 18.0 Å². The third kappa shape index (κ3) is 1.95. The zero-order chi connectivity index (χ0) is 11.5. The molecule has 1 heterocycles.